The summed E-state index contributed by atoms with van der Waals surface area (Å²) in [6, 6.07) is 14.2. The summed E-state index contributed by atoms with van der Waals surface area (Å²) in [5.74, 6) is -1.22. The number of anilines is 2. The monoisotopic (exact) mass is 420 g/mol. The lowest BCUT2D eigenvalue weighted by molar-refractivity contribution is -0.136. The van der Waals surface area contributed by atoms with E-state index in [9.17, 15) is 9.59 Å². The maximum absolute atomic E-state index is 12.5. The lowest BCUT2D eigenvalue weighted by Gasteiger charge is -2.35. The number of carbonyl (C=O) groups excluding carboxylic acids is 2. The van der Waals surface area contributed by atoms with E-state index in [1.165, 1.54) is 36.1 Å². The van der Waals surface area contributed by atoms with Crippen LogP contribution in [0.25, 0.3) is 0 Å². The van der Waals surface area contributed by atoms with Gasteiger partial charge in [-0.2, -0.15) is 0 Å². The molecule has 1 saturated heterocycles. The third-order valence-corrected chi connectivity index (χ3v) is 6.42. The summed E-state index contributed by atoms with van der Waals surface area (Å²) in [6.45, 7) is 5.49. The van der Waals surface area contributed by atoms with Crippen molar-refractivity contribution in [1.82, 2.24) is 10.2 Å². The molecule has 4 rings (SSSR count). The SMILES string of the molecule is Cc1ccc(NC(=O)C(=O)NC[C@@H](c2ccc3c(c2)CCN3C)N2CCCCC2)cc1. The number of amides is 2. The number of hydrogen-bond acceptors (Lipinski definition) is 4. The molecule has 1 atom stereocenters. The average Bonchev–Trinajstić information content (AvgIpc) is 3.16. The molecule has 2 N–H and O–H groups in total. The van der Waals surface area contributed by atoms with Gasteiger partial charge in [-0.05, 0) is 68.6 Å². The second-order valence-electron chi connectivity index (χ2n) is 8.70. The van der Waals surface area contributed by atoms with Crippen LogP contribution in [-0.4, -0.2) is 49.9 Å². The summed E-state index contributed by atoms with van der Waals surface area (Å²) >= 11 is 0. The molecule has 2 aromatic carbocycles. The largest absolute Gasteiger partial charge is 0.374 e. The van der Waals surface area contributed by atoms with Gasteiger partial charge < -0.3 is 15.5 Å². The molecule has 0 unspecified atom stereocenters. The molecule has 1 fully saturated rings. The van der Waals surface area contributed by atoms with Crippen LogP contribution in [0.1, 0.15) is 42.0 Å². The fourth-order valence-electron chi connectivity index (χ4n) is 4.58. The van der Waals surface area contributed by atoms with Gasteiger partial charge in [0.05, 0.1) is 6.04 Å². The van der Waals surface area contributed by atoms with Crippen LogP contribution in [0.5, 0.6) is 0 Å². The number of nitrogens with zero attached hydrogens (tertiary/aromatic N) is 2. The average molecular weight is 421 g/mol. The molecule has 6 heteroatoms. The van der Waals surface area contributed by atoms with Crippen molar-refractivity contribution in [2.45, 2.75) is 38.6 Å². The number of likely N-dealkylation sites (tertiary alicyclic amines) is 1. The molecule has 2 aliphatic rings. The van der Waals surface area contributed by atoms with Crippen molar-refractivity contribution < 1.29 is 9.59 Å². The molecule has 164 valence electrons. The van der Waals surface area contributed by atoms with Gasteiger partial charge in [-0.3, -0.25) is 14.5 Å². The Hall–Kier alpha value is -2.86. The third-order valence-electron chi connectivity index (χ3n) is 6.42. The Balaban J connectivity index is 1.44. The van der Waals surface area contributed by atoms with E-state index >= 15 is 0 Å². The number of rotatable bonds is 5. The van der Waals surface area contributed by atoms with E-state index in [0.29, 0.717) is 12.2 Å². The molecule has 6 nitrogen and oxygen atoms in total. The Morgan fingerprint density at radius 2 is 1.71 bits per heavy atom. The van der Waals surface area contributed by atoms with E-state index < -0.39 is 11.8 Å². The molecule has 2 heterocycles. The minimum absolute atomic E-state index is 0.0765. The van der Waals surface area contributed by atoms with Gasteiger partial charge in [-0.25, -0.2) is 0 Å². The van der Waals surface area contributed by atoms with Crippen LogP contribution in [0.3, 0.4) is 0 Å². The van der Waals surface area contributed by atoms with Gasteiger partial charge in [-0.15, -0.1) is 0 Å². The van der Waals surface area contributed by atoms with Gasteiger partial charge in [0.15, 0.2) is 0 Å². The molecule has 0 aromatic heterocycles. The molecular formula is C25H32N4O2. The van der Waals surface area contributed by atoms with E-state index in [4.69, 9.17) is 0 Å². The Kier molecular flexibility index (Phi) is 6.56. The maximum Gasteiger partial charge on any atom is 0.313 e. The molecule has 2 amide bonds. The standard InChI is InChI=1S/C25H32N4O2/c1-18-6-9-21(10-7-18)27-25(31)24(30)26-17-23(29-13-4-3-5-14-29)19-8-11-22-20(16-19)12-15-28(22)2/h6-11,16,23H,3-5,12-15,17H2,1-2H3,(H,26,30)(H,27,31)/t23-/m0/s1. The summed E-state index contributed by atoms with van der Waals surface area (Å²) in [5.41, 5.74) is 5.61. The molecule has 0 bridgehead atoms. The molecule has 2 aromatic rings. The van der Waals surface area contributed by atoms with Crippen molar-refractivity contribution in [3.8, 4) is 0 Å². The first-order valence-electron chi connectivity index (χ1n) is 11.2. The maximum atomic E-state index is 12.5. The first-order chi connectivity index (χ1) is 15.0. The van der Waals surface area contributed by atoms with Crippen LogP contribution in [0.15, 0.2) is 42.5 Å². The van der Waals surface area contributed by atoms with E-state index in [-0.39, 0.29) is 6.04 Å². The normalized spacial score (nSPS) is 17.2. The second kappa shape index (κ2) is 9.52. The molecule has 0 radical (unpaired) electrons. The fourth-order valence-corrected chi connectivity index (χ4v) is 4.58. The van der Waals surface area contributed by atoms with Crippen LogP contribution < -0.4 is 15.5 Å². The number of carbonyl (C=O) groups is 2. The lowest BCUT2D eigenvalue weighted by Crippen LogP contribution is -2.43. The van der Waals surface area contributed by atoms with Gasteiger partial charge in [-0.1, -0.05) is 36.2 Å². The van der Waals surface area contributed by atoms with Crippen LogP contribution in [0.4, 0.5) is 11.4 Å². The number of nitrogens with one attached hydrogen (secondary N) is 2. The number of aryl methyl sites for hydroxylation is 1. The first-order valence-corrected chi connectivity index (χ1v) is 11.2. The highest BCUT2D eigenvalue weighted by molar-refractivity contribution is 6.39. The van der Waals surface area contributed by atoms with Crippen LogP contribution >= 0.6 is 0 Å². The van der Waals surface area contributed by atoms with E-state index in [1.54, 1.807) is 12.1 Å². The smallest absolute Gasteiger partial charge is 0.313 e. The number of hydrogen-bond donors (Lipinski definition) is 2. The van der Waals surface area contributed by atoms with Gasteiger partial charge in [0.25, 0.3) is 0 Å². The summed E-state index contributed by atoms with van der Waals surface area (Å²) in [6.07, 6.45) is 4.65. The zero-order chi connectivity index (χ0) is 21.8. The van der Waals surface area contributed by atoms with Crippen LogP contribution in [0.2, 0.25) is 0 Å². The zero-order valence-electron chi connectivity index (χ0n) is 18.5. The Morgan fingerprint density at radius 1 is 0.968 bits per heavy atom. The summed E-state index contributed by atoms with van der Waals surface area (Å²) in [5, 5.41) is 5.56. The third kappa shape index (κ3) is 5.07. The number of benzene rings is 2. The topological polar surface area (TPSA) is 64.7 Å². The lowest BCUT2D eigenvalue weighted by atomic mass is 9.98. The highest BCUT2D eigenvalue weighted by Gasteiger charge is 2.26. The zero-order valence-corrected chi connectivity index (χ0v) is 18.5. The number of likely N-dealkylation sites (N-methyl/N-ethyl adjacent to an activating group) is 1. The van der Waals surface area contributed by atoms with Crippen molar-refractivity contribution in [2.24, 2.45) is 0 Å². The minimum atomic E-state index is -0.628. The number of fused-ring (bicyclic) bond motifs is 1. The molecule has 0 saturated carbocycles. The molecule has 0 spiro atoms. The Morgan fingerprint density at radius 3 is 2.45 bits per heavy atom. The highest BCUT2D eigenvalue weighted by atomic mass is 16.2. The fraction of sp³-hybridized carbons (Fsp3) is 0.440. The number of piperidine rings is 1. The molecule has 0 aliphatic carbocycles. The van der Waals surface area contributed by atoms with Crippen molar-refractivity contribution in [3.05, 3.63) is 59.2 Å². The first kappa shape index (κ1) is 21.4. The van der Waals surface area contributed by atoms with Gasteiger partial charge in [0, 0.05) is 31.5 Å². The summed E-state index contributed by atoms with van der Waals surface area (Å²) in [7, 11) is 2.13. The van der Waals surface area contributed by atoms with Crippen molar-refractivity contribution >= 4 is 23.2 Å². The Bertz CT molecular complexity index is 935. The van der Waals surface area contributed by atoms with E-state index in [2.05, 4.69) is 45.7 Å². The summed E-state index contributed by atoms with van der Waals surface area (Å²) < 4.78 is 0. The highest BCUT2D eigenvalue weighted by Crippen LogP contribution is 2.32. The van der Waals surface area contributed by atoms with Gasteiger partial charge in [0.1, 0.15) is 0 Å². The molecule has 31 heavy (non-hydrogen) atoms. The van der Waals surface area contributed by atoms with Crippen molar-refractivity contribution in [1.29, 1.82) is 0 Å². The van der Waals surface area contributed by atoms with Crippen LogP contribution in [0, 0.1) is 6.92 Å². The Labute approximate surface area is 184 Å². The van der Waals surface area contributed by atoms with E-state index in [1.807, 2.05) is 19.1 Å². The quantitative estimate of drug-likeness (QED) is 0.729. The van der Waals surface area contributed by atoms with Crippen LogP contribution in [-0.2, 0) is 16.0 Å². The van der Waals surface area contributed by atoms with E-state index in [0.717, 1.165) is 31.6 Å². The van der Waals surface area contributed by atoms with Crippen molar-refractivity contribution in [2.75, 3.05) is 43.4 Å². The predicted molar refractivity (Wildman–Crippen MR) is 124 cm³/mol. The molecular weight excluding hydrogens is 388 g/mol. The minimum Gasteiger partial charge on any atom is -0.374 e. The molecule has 2 aliphatic heterocycles. The summed E-state index contributed by atoms with van der Waals surface area (Å²) in [4.78, 5) is 29.6. The van der Waals surface area contributed by atoms with Crippen molar-refractivity contribution in [3.63, 3.8) is 0 Å². The predicted octanol–water partition coefficient (Wildman–Crippen LogP) is 3.27. The van der Waals surface area contributed by atoms with Gasteiger partial charge >= 0.3 is 11.8 Å². The van der Waals surface area contributed by atoms with Gasteiger partial charge in [0.2, 0.25) is 0 Å². The second-order valence-corrected chi connectivity index (χ2v) is 8.70.